The smallest absolute Gasteiger partial charge is 0.338 e. The van der Waals surface area contributed by atoms with Gasteiger partial charge in [-0.3, -0.25) is 4.79 Å². The number of carbonyl (C=O) groups excluding carboxylic acids is 2. The molecule has 0 radical (unpaired) electrons. The van der Waals surface area contributed by atoms with E-state index in [1.54, 1.807) is 48.5 Å². The highest BCUT2D eigenvalue weighted by atomic mass is 16.5. The average Bonchev–Trinajstić information content (AvgIpc) is 2.61. The van der Waals surface area contributed by atoms with E-state index in [9.17, 15) is 9.59 Å². The first-order valence-electron chi connectivity index (χ1n) is 7.70. The van der Waals surface area contributed by atoms with E-state index >= 15 is 0 Å². The van der Waals surface area contributed by atoms with Gasteiger partial charge in [0.15, 0.2) is 6.61 Å². The van der Waals surface area contributed by atoms with E-state index in [4.69, 9.17) is 10.00 Å². The lowest BCUT2D eigenvalue weighted by atomic mass is 10.1. The molecule has 0 atom stereocenters. The molecule has 128 valence electrons. The van der Waals surface area contributed by atoms with Crippen molar-refractivity contribution in [3.63, 3.8) is 0 Å². The van der Waals surface area contributed by atoms with Crippen molar-refractivity contribution in [3.05, 3.63) is 59.7 Å². The Morgan fingerprint density at radius 3 is 2.28 bits per heavy atom. The maximum Gasteiger partial charge on any atom is 0.338 e. The zero-order valence-electron chi connectivity index (χ0n) is 14.2. The highest BCUT2D eigenvalue weighted by molar-refractivity contribution is 5.95. The number of hydrogen-bond acceptors (Lipinski definition) is 5. The molecule has 2 aromatic rings. The normalized spacial score (nSPS) is 9.80. The number of ether oxygens (including phenoxy) is 1. The van der Waals surface area contributed by atoms with Gasteiger partial charge in [-0.1, -0.05) is 12.1 Å². The third-order valence-electron chi connectivity index (χ3n) is 3.47. The molecule has 0 aliphatic rings. The molecule has 25 heavy (non-hydrogen) atoms. The molecule has 0 spiro atoms. The number of nitrogens with one attached hydrogen (secondary N) is 1. The van der Waals surface area contributed by atoms with Gasteiger partial charge in [0.05, 0.1) is 18.1 Å². The molecule has 0 unspecified atom stereocenters. The number of nitriles is 1. The summed E-state index contributed by atoms with van der Waals surface area (Å²) in [5, 5.41) is 11.3. The van der Waals surface area contributed by atoms with Crippen LogP contribution in [0, 0.1) is 11.3 Å². The van der Waals surface area contributed by atoms with Gasteiger partial charge in [0, 0.05) is 25.5 Å². The second-order valence-corrected chi connectivity index (χ2v) is 5.60. The van der Waals surface area contributed by atoms with Gasteiger partial charge in [-0.05, 0) is 42.0 Å². The lowest BCUT2D eigenvalue weighted by Gasteiger charge is -2.12. The molecule has 0 saturated carbocycles. The summed E-state index contributed by atoms with van der Waals surface area (Å²) < 4.78 is 5.02. The summed E-state index contributed by atoms with van der Waals surface area (Å²) in [4.78, 5) is 25.7. The molecule has 0 bridgehead atoms. The van der Waals surface area contributed by atoms with Crippen LogP contribution in [-0.4, -0.2) is 32.6 Å². The number of amides is 1. The third kappa shape index (κ3) is 5.36. The quantitative estimate of drug-likeness (QED) is 0.819. The van der Waals surface area contributed by atoms with E-state index in [0.29, 0.717) is 17.7 Å². The van der Waals surface area contributed by atoms with Crippen LogP contribution in [0.3, 0.4) is 0 Å². The predicted molar refractivity (Wildman–Crippen MR) is 95.4 cm³/mol. The van der Waals surface area contributed by atoms with Crippen molar-refractivity contribution in [2.45, 2.75) is 6.42 Å². The molecule has 0 aliphatic carbocycles. The SMILES string of the molecule is CN(C)c1ccc(C(=O)OCC(=O)Nc2ccc(CC#N)cc2)cc1. The van der Waals surface area contributed by atoms with Crippen LogP contribution < -0.4 is 10.2 Å². The molecule has 0 aliphatic heterocycles. The number of benzene rings is 2. The Morgan fingerprint density at radius 2 is 1.72 bits per heavy atom. The lowest BCUT2D eigenvalue weighted by Crippen LogP contribution is -2.21. The zero-order chi connectivity index (χ0) is 18.2. The lowest BCUT2D eigenvalue weighted by molar-refractivity contribution is -0.119. The number of esters is 1. The molecule has 6 nitrogen and oxygen atoms in total. The second kappa shape index (κ2) is 8.50. The van der Waals surface area contributed by atoms with Crippen LogP contribution in [0.4, 0.5) is 11.4 Å². The van der Waals surface area contributed by atoms with E-state index in [1.165, 1.54) is 0 Å². The molecular formula is C19H19N3O3. The Kier molecular flexibility index (Phi) is 6.13. The Labute approximate surface area is 146 Å². The third-order valence-corrected chi connectivity index (χ3v) is 3.47. The summed E-state index contributed by atoms with van der Waals surface area (Å²) >= 11 is 0. The van der Waals surface area contributed by atoms with Crippen LogP contribution in [0.25, 0.3) is 0 Å². The number of anilines is 2. The maximum atomic E-state index is 12.0. The van der Waals surface area contributed by atoms with Gasteiger partial charge in [0.2, 0.25) is 0 Å². The molecule has 1 N–H and O–H groups in total. The minimum absolute atomic E-state index is 0.318. The van der Waals surface area contributed by atoms with Crippen LogP contribution in [0.2, 0.25) is 0 Å². The van der Waals surface area contributed by atoms with Crippen LogP contribution in [0.1, 0.15) is 15.9 Å². The number of nitrogens with zero attached hydrogens (tertiary/aromatic N) is 2. The average molecular weight is 337 g/mol. The first-order valence-corrected chi connectivity index (χ1v) is 7.70. The second-order valence-electron chi connectivity index (χ2n) is 5.60. The molecule has 0 heterocycles. The monoisotopic (exact) mass is 337 g/mol. The Hall–Kier alpha value is -3.33. The van der Waals surface area contributed by atoms with E-state index in [2.05, 4.69) is 11.4 Å². The number of carbonyl (C=O) groups is 2. The Balaban J connectivity index is 1.84. The largest absolute Gasteiger partial charge is 0.452 e. The van der Waals surface area contributed by atoms with Crippen molar-refractivity contribution in [2.75, 3.05) is 30.9 Å². The molecule has 0 saturated heterocycles. The van der Waals surface area contributed by atoms with Gasteiger partial charge in [0.25, 0.3) is 5.91 Å². The molecule has 0 fully saturated rings. The van der Waals surface area contributed by atoms with Crippen molar-refractivity contribution in [1.29, 1.82) is 5.26 Å². The van der Waals surface area contributed by atoms with Gasteiger partial charge in [-0.2, -0.15) is 5.26 Å². The Morgan fingerprint density at radius 1 is 1.08 bits per heavy atom. The van der Waals surface area contributed by atoms with E-state index < -0.39 is 11.9 Å². The van der Waals surface area contributed by atoms with Gasteiger partial charge in [-0.15, -0.1) is 0 Å². The molecule has 2 rings (SSSR count). The first-order chi connectivity index (χ1) is 12.0. The molecular weight excluding hydrogens is 318 g/mol. The standard InChI is InChI=1S/C19H19N3O3/c1-22(2)17-9-5-15(6-10-17)19(24)25-13-18(23)21-16-7-3-14(4-8-16)11-12-20/h3-10H,11,13H2,1-2H3,(H,21,23). The van der Waals surface area contributed by atoms with Gasteiger partial charge in [-0.25, -0.2) is 4.79 Å². The summed E-state index contributed by atoms with van der Waals surface area (Å²) in [5.41, 5.74) is 2.81. The maximum absolute atomic E-state index is 12.0. The zero-order valence-corrected chi connectivity index (χ0v) is 14.2. The van der Waals surface area contributed by atoms with Gasteiger partial charge >= 0.3 is 5.97 Å². The predicted octanol–water partition coefficient (Wildman–Crippen LogP) is 2.61. The molecule has 0 aromatic heterocycles. The van der Waals surface area contributed by atoms with Crippen molar-refractivity contribution in [3.8, 4) is 6.07 Å². The molecule has 6 heteroatoms. The number of hydrogen-bond donors (Lipinski definition) is 1. The number of rotatable bonds is 6. The van der Waals surface area contributed by atoms with Crippen LogP contribution in [0.15, 0.2) is 48.5 Å². The van der Waals surface area contributed by atoms with Gasteiger partial charge in [0.1, 0.15) is 0 Å². The molecule has 1 amide bonds. The van der Waals surface area contributed by atoms with Crippen molar-refractivity contribution in [2.24, 2.45) is 0 Å². The van der Waals surface area contributed by atoms with Crippen LogP contribution in [0.5, 0.6) is 0 Å². The minimum Gasteiger partial charge on any atom is -0.452 e. The van der Waals surface area contributed by atoms with Gasteiger partial charge < -0.3 is 15.0 Å². The highest BCUT2D eigenvalue weighted by Crippen LogP contribution is 2.13. The van der Waals surface area contributed by atoms with Crippen molar-refractivity contribution < 1.29 is 14.3 Å². The summed E-state index contributed by atoms with van der Waals surface area (Å²) in [6.07, 6.45) is 0.318. The van der Waals surface area contributed by atoms with E-state index in [0.717, 1.165) is 11.3 Å². The van der Waals surface area contributed by atoms with Crippen LogP contribution >= 0.6 is 0 Å². The van der Waals surface area contributed by atoms with E-state index in [1.807, 2.05) is 19.0 Å². The summed E-state index contributed by atoms with van der Waals surface area (Å²) in [6.45, 7) is -0.367. The molecule has 2 aromatic carbocycles. The first kappa shape index (κ1) is 18.0. The topological polar surface area (TPSA) is 82.4 Å². The van der Waals surface area contributed by atoms with Crippen molar-refractivity contribution >= 4 is 23.3 Å². The van der Waals surface area contributed by atoms with Crippen LogP contribution in [-0.2, 0) is 16.0 Å². The summed E-state index contributed by atoms with van der Waals surface area (Å²) in [7, 11) is 3.81. The fourth-order valence-corrected chi connectivity index (χ4v) is 2.10. The fourth-order valence-electron chi connectivity index (χ4n) is 2.10. The van der Waals surface area contributed by atoms with Crippen molar-refractivity contribution in [1.82, 2.24) is 0 Å². The Bertz CT molecular complexity index is 775. The summed E-state index contributed by atoms with van der Waals surface area (Å²) in [6, 6.07) is 15.9. The minimum atomic E-state index is -0.551. The van der Waals surface area contributed by atoms with E-state index in [-0.39, 0.29) is 6.61 Å². The summed E-state index contributed by atoms with van der Waals surface area (Å²) in [5.74, 6) is -0.976. The highest BCUT2D eigenvalue weighted by Gasteiger charge is 2.10. The fraction of sp³-hybridized carbons (Fsp3) is 0.211.